The number of halogens is 1. The number of amides is 1. The minimum Gasteiger partial charge on any atom is -0.480 e. The number of fused-ring (bicyclic) bond motifs is 1. The van der Waals surface area contributed by atoms with Gasteiger partial charge in [-0.05, 0) is 24.4 Å². The van der Waals surface area contributed by atoms with Crippen LogP contribution in [0.5, 0.6) is 5.75 Å². The largest absolute Gasteiger partial charge is 0.480 e. The molecule has 0 saturated carbocycles. The van der Waals surface area contributed by atoms with Crippen LogP contribution in [-0.2, 0) is 4.79 Å². The Hall–Kier alpha value is -2.85. The van der Waals surface area contributed by atoms with Crippen molar-refractivity contribution in [3.05, 3.63) is 77.3 Å². The van der Waals surface area contributed by atoms with Gasteiger partial charge in [-0.2, -0.15) is 5.10 Å². The maximum Gasteiger partial charge on any atom is 0.280 e. The van der Waals surface area contributed by atoms with E-state index < -0.39 is 6.10 Å². The monoisotopic (exact) mass is 352 g/mol. The van der Waals surface area contributed by atoms with E-state index in [0.717, 1.165) is 16.3 Å². The number of nitrogens with zero attached hydrogens (tertiary/aromatic N) is 1. The highest BCUT2D eigenvalue weighted by Crippen LogP contribution is 2.26. The Labute approximate surface area is 151 Å². The number of carbonyl (C=O) groups excluding carboxylic acids is 1. The van der Waals surface area contributed by atoms with Gasteiger partial charge in [0.1, 0.15) is 5.75 Å². The molecule has 0 aliphatic heterocycles. The zero-order valence-corrected chi connectivity index (χ0v) is 14.4. The number of ether oxygens (including phenoxy) is 1. The van der Waals surface area contributed by atoms with Gasteiger partial charge in [-0.1, -0.05) is 66.2 Å². The molecule has 0 aliphatic carbocycles. The van der Waals surface area contributed by atoms with Gasteiger partial charge >= 0.3 is 0 Å². The zero-order chi connectivity index (χ0) is 17.6. The number of rotatable bonds is 5. The van der Waals surface area contributed by atoms with E-state index in [1.807, 2.05) is 60.7 Å². The van der Waals surface area contributed by atoms with Crippen LogP contribution in [0.25, 0.3) is 10.8 Å². The second-order valence-corrected chi connectivity index (χ2v) is 5.90. The second kappa shape index (κ2) is 7.81. The van der Waals surface area contributed by atoms with Gasteiger partial charge in [-0.25, -0.2) is 5.43 Å². The first-order valence-electron chi connectivity index (χ1n) is 7.87. The van der Waals surface area contributed by atoms with E-state index in [1.54, 1.807) is 13.0 Å². The van der Waals surface area contributed by atoms with Crippen LogP contribution < -0.4 is 10.2 Å². The first-order valence-corrected chi connectivity index (χ1v) is 8.25. The maximum atomic E-state index is 12.2. The van der Waals surface area contributed by atoms with E-state index in [1.165, 1.54) is 6.21 Å². The second-order valence-electron chi connectivity index (χ2n) is 5.49. The lowest BCUT2D eigenvalue weighted by Crippen LogP contribution is -2.33. The van der Waals surface area contributed by atoms with Crippen molar-refractivity contribution >= 4 is 34.5 Å². The summed E-state index contributed by atoms with van der Waals surface area (Å²) in [5.74, 6) is 0.326. The van der Waals surface area contributed by atoms with Gasteiger partial charge < -0.3 is 4.74 Å². The van der Waals surface area contributed by atoms with Crippen molar-refractivity contribution in [2.75, 3.05) is 0 Å². The van der Waals surface area contributed by atoms with Crippen LogP contribution in [0, 0.1) is 0 Å². The lowest BCUT2D eigenvalue weighted by Gasteiger charge is -2.14. The van der Waals surface area contributed by atoms with E-state index in [2.05, 4.69) is 10.5 Å². The van der Waals surface area contributed by atoms with Gasteiger partial charge in [0.2, 0.25) is 0 Å². The van der Waals surface area contributed by atoms with Crippen LogP contribution in [0.4, 0.5) is 0 Å². The van der Waals surface area contributed by atoms with Crippen molar-refractivity contribution in [3.63, 3.8) is 0 Å². The molecule has 1 atom stereocenters. The fourth-order valence-electron chi connectivity index (χ4n) is 2.38. The van der Waals surface area contributed by atoms with Crippen molar-refractivity contribution < 1.29 is 9.53 Å². The molecular formula is C20H17ClN2O2. The Kier molecular flexibility index (Phi) is 5.31. The van der Waals surface area contributed by atoms with Crippen LogP contribution in [0.15, 0.2) is 71.8 Å². The molecule has 3 aromatic rings. The maximum absolute atomic E-state index is 12.2. The first kappa shape index (κ1) is 17.0. The zero-order valence-electron chi connectivity index (χ0n) is 13.6. The minimum absolute atomic E-state index is 0.337. The summed E-state index contributed by atoms with van der Waals surface area (Å²) in [6, 6.07) is 20.9. The molecule has 3 aromatic carbocycles. The van der Waals surface area contributed by atoms with Crippen LogP contribution in [0.1, 0.15) is 12.5 Å². The summed E-state index contributed by atoms with van der Waals surface area (Å²) in [5.41, 5.74) is 3.20. The third-order valence-electron chi connectivity index (χ3n) is 3.71. The summed E-state index contributed by atoms with van der Waals surface area (Å²) in [6.45, 7) is 1.68. The smallest absolute Gasteiger partial charge is 0.280 e. The quantitative estimate of drug-likeness (QED) is 0.546. The number of carbonyl (C=O) groups is 1. The molecule has 1 unspecified atom stereocenters. The number of hydrazone groups is 1. The SMILES string of the molecule is CC(Oc1cccc2ccccc12)C(=O)NN=Cc1ccccc1Cl. The van der Waals surface area contributed by atoms with E-state index in [4.69, 9.17) is 16.3 Å². The fraction of sp³-hybridized carbons (Fsp3) is 0.100. The Balaban J connectivity index is 1.65. The Morgan fingerprint density at radius 1 is 1.08 bits per heavy atom. The Morgan fingerprint density at radius 3 is 2.64 bits per heavy atom. The number of hydrogen-bond acceptors (Lipinski definition) is 3. The molecule has 0 spiro atoms. The summed E-state index contributed by atoms with van der Waals surface area (Å²) in [6.07, 6.45) is 0.819. The number of hydrogen-bond donors (Lipinski definition) is 1. The molecule has 0 heterocycles. The van der Waals surface area contributed by atoms with Gasteiger partial charge in [0, 0.05) is 16.0 Å². The van der Waals surface area contributed by atoms with Crippen LogP contribution in [0.2, 0.25) is 5.02 Å². The average molecular weight is 353 g/mol. The van der Waals surface area contributed by atoms with Gasteiger partial charge in [-0.3, -0.25) is 4.79 Å². The summed E-state index contributed by atoms with van der Waals surface area (Å²) in [5, 5.41) is 6.53. The molecule has 5 heteroatoms. The van der Waals surface area contributed by atoms with Crippen molar-refractivity contribution in [2.24, 2.45) is 5.10 Å². The summed E-state index contributed by atoms with van der Waals surface area (Å²) >= 11 is 6.04. The molecule has 25 heavy (non-hydrogen) atoms. The van der Waals surface area contributed by atoms with Gasteiger partial charge in [0.15, 0.2) is 6.10 Å². The van der Waals surface area contributed by atoms with Crippen LogP contribution >= 0.6 is 11.6 Å². The minimum atomic E-state index is -0.686. The summed E-state index contributed by atoms with van der Waals surface area (Å²) in [4.78, 5) is 12.2. The van der Waals surface area contributed by atoms with E-state index in [-0.39, 0.29) is 5.91 Å². The number of nitrogens with one attached hydrogen (secondary N) is 1. The average Bonchev–Trinajstić information content (AvgIpc) is 2.63. The molecule has 0 bridgehead atoms. The van der Waals surface area contributed by atoms with Gasteiger partial charge in [0.05, 0.1) is 6.21 Å². The molecule has 1 N–H and O–H groups in total. The molecule has 0 fully saturated rings. The van der Waals surface area contributed by atoms with Crippen LogP contribution in [0.3, 0.4) is 0 Å². The highest BCUT2D eigenvalue weighted by Gasteiger charge is 2.15. The summed E-state index contributed by atoms with van der Waals surface area (Å²) < 4.78 is 5.80. The summed E-state index contributed by atoms with van der Waals surface area (Å²) in [7, 11) is 0. The molecular weight excluding hydrogens is 336 g/mol. The predicted molar refractivity (Wildman–Crippen MR) is 101 cm³/mol. The van der Waals surface area contributed by atoms with Gasteiger partial charge in [0.25, 0.3) is 5.91 Å². The lowest BCUT2D eigenvalue weighted by atomic mass is 10.1. The molecule has 0 aliphatic rings. The molecule has 1 amide bonds. The van der Waals surface area contributed by atoms with Crippen molar-refractivity contribution in [1.29, 1.82) is 0 Å². The Morgan fingerprint density at radius 2 is 1.80 bits per heavy atom. The van der Waals surface area contributed by atoms with Crippen molar-refractivity contribution in [2.45, 2.75) is 13.0 Å². The number of benzene rings is 3. The van der Waals surface area contributed by atoms with Crippen molar-refractivity contribution in [1.82, 2.24) is 5.43 Å². The van der Waals surface area contributed by atoms with E-state index >= 15 is 0 Å². The molecule has 0 radical (unpaired) electrons. The van der Waals surface area contributed by atoms with Crippen LogP contribution in [-0.4, -0.2) is 18.2 Å². The fourth-order valence-corrected chi connectivity index (χ4v) is 2.56. The Bertz CT molecular complexity index is 919. The standard InChI is InChI=1S/C20H17ClN2O2/c1-14(20(24)23-22-13-16-8-3-5-11-18(16)21)25-19-12-6-9-15-7-2-4-10-17(15)19/h2-14H,1H3,(H,23,24). The molecule has 3 rings (SSSR count). The molecule has 0 saturated heterocycles. The highest BCUT2D eigenvalue weighted by atomic mass is 35.5. The topological polar surface area (TPSA) is 50.7 Å². The highest BCUT2D eigenvalue weighted by molar-refractivity contribution is 6.33. The molecule has 0 aromatic heterocycles. The molecule has 4 nitrogen and oxygen atoms in total. The molecule has 126 valence electrons. The third-order valence-corrected chi connectivity index (χ3v) is 4.05. The van der Waals surface area contributed by atoms with E-state index in [0.29, 0.717) is 10.8 Å². The predicted octanol–water partition coefficient (Wildman–Crippen LogP) is 4.41. The van der Waals surface area contributed by atoms with Gasteiger partial charge in [-0.15, -0.1) is 0 Å². The van der Waals surface area contributed by atoms with E-state index in [9.17, 15) is 4.79 Å². The lowest BCUT2D eigenvalue weighted by molar-refractivity contribution is -0.127. The van der Waals surface area contributed by atoms with Crippen molar-refractivity contribution in [3.8, 4) is 5.75 Å². The third kappa shape index (κ3) is 4.17. The normalized spacial score (nSPS) is 12.2. The first-order chi connectivity index (χ1) is 12.1.